The molecular weight excluding hydrogens is 278 g/mol. The molecule has 4 heteroatoms. The van der Waals surface area contributed by atoms with Crippen molar-refractivity contribution in [3.8, 4) is 5.75 Å². The second-order valence-corrected chi connectivity index (χ2v) is 4.91. The van der Waals surface area contributed by atoms with Crippen LogP contribution in [0.3, 0.4) is 0 Å². The van der Waals surface area contributed by atoms with Crippen LogP contribution in [0.4, 0.5) is 10.5 Å². The van der Waals surface area contributed by atoms with Crippen LogP contribution in [0.2, 0.25) is 0 Å². The van der Waals surface area contributed by atoms with E-state index in [1.165, 1.54) is 0 Å². The van der Waals surface area contributed by atoms with Crippen LogP contribution in [-0.2, 0) is 4.74 Å². The molecule has 0 aliphatic rings. The summed E-state index contributed by atoms with van der Waals surface area (Å²) in [5.41, 5.74) is 1.02. The molecule has 0 aliphatic carbocycles. The van der Waals surface area contributed by atoms with Gasteiger partial charge in [0.15, 0.2) is 6.23 Å². The lowest BCUT2D eigenvalue weighted by Crippen LogP contribution is -2.38. The number of anilines is 1. The average Bonchev–Trinajstić information content (AvgIpc) is 2.54. The van der Waals surface area contributed by atoms with Gasteiger partial charge in [0.1, 0.15) is 5.75 Å². The second-order valence-electron chi connectivity index (χ2n) is 4.91. The Hall–Kier alpha value is -2.49. The Morgan fingerprint density at radius 3 is 2.23 bits per heavy atom. The Morgan fingerprint density at radius 2 is 1.64 bits per heavy atom. The molecule has 1 atom stereocenters. The van der Waals surface area contributed by atoms with Crippen LogP contribution >= 0.6 is 0 Å². The van der Waals surface area contributed by atoms with E-state index in [9.17, 15) is 4.79 Å². The quantitative estimate of drug-likeness (QED) is 0.448. The molecule has 2 rings (SSSR count). The third-order valence-corrected chi connectivity index (χ3v) is 3.20. The van der Waals surface area contributed by atoms with E-state index in [-0.39, 0.29) is 0 Å². The molecule has 0 saturated heterocycles. The highest BCUT2D eigenvalue weighted by Crippen LogP contribution is 2.18. The molecule has 0 bridgehead atoms. The van der Waals surface area contributed by atoms with Gasteiger partial charge in [0, 0.05) is 12.2 Å². The van der Waals surface area contributed by atoms with E-state index >= 15 is 0 Å². The number of benzene rings is 2. The van der Waals surface area contributed by atoms with Crippen LogP contribution in [0.15, 0.2) is 60.7 Å². The van der Waals surface area contributed by atoms with Crippen molar-refractivity contribution in [3.05, 3.63) is 60.7 Å². The van der Waals surface area contributed by atoms with E-state index in [4.69, 9.17) is 9.47 Å². The summed E-state index contributed by atoms with van der Waals surface area (Å²) in [5.74, 6) is 0.474. The summed E-state index contributed by atoms with van der Waals surface area (Å²) < 4.78 is 10.5. The Bertz CT molecular complexity index is 571. The van der Waals surface area contributed by atoms with Gasteiger partial charge in [-0.25, -0.2) is 4.79 Å². The molecule has 0 saturated carbocycles. The second kappa shape index (κ2) is 8.08. The van der Waals surface area contributed by atoms with Crippen molar-refractivity contribution in [2.45, 2.75) is 26.5 Å². The summed E-state index contributed by atoms with van der Waals surface area (Å²) in [6.07, 6.45) is -0.148. The molecule has 0 amide bonds. The maximum Gasteiger partial charge on any atom is 0.515 e. The highest BCUT2D eigenvalue weighted by Gasteiger charge is 2.19. The molecule has 0 fully saturated rings. The largest absolute Gasteiger partial charge is 0.515 e. The number of hydrogen-bond donors (Lipinski definition) is 0. The molecule has 0 N–H and O–H groups in total. The van der Waals surface area contributed by atoms with E-state index in [1.807, 2.05) is 48.2 Å². The van der Waals surface area contributed by atoms with Crippen molar-refractivity contribution in [1.29, 1.82) is 0 Å². The van der Waals surface area contributed by atoms with E-state index in [0.717, 1.165) is 18.7 Å². The topological polar surface area (TPSA) is 38.8 Å². The Morgan fingerprint density at radius 1 is 1.05 bits per heavy atom. The van der Waals surface area contributed by atoms with Crippen LogP contribution < -0.4 is 9.64 Å². The van der Waals surface area contributed by atoms with Crippen LogP contribution in [0.25, 0.3) is 0 Å². The van der Waals surface area contributed by atoms with E-state index in [1.54, 1.807) is 24.3 Å². The van der Waals surface area contributed by atoms with Crippen LogP contribution in [-0.4, -0.2) is 18.9 Å². The van der Waals surface area contributed by atoms with Gasteiger partial charge in [-0.15, -0.1) is 0 Å². The SMILES string of the molecule is CCCN(c1ccccc1)C(C)OC(=O)Oc1ccccc1. The molecule has 0 radical (unpaired) electrons. The average molecular weight is 299 g/mol. The number of carbonyl (C=O) groups is 1. The summed E-state index contributed by atoms with van der Waals surface area (Å²) in [7, 11) is 0. The zero-order valence-corrected chi connectivity index (χ0v) is 12.9. The fourth-order valence-corrected chi connectivity index (χ4v) is 2.19. The normalized spacial score (nSPS) is 11.5. The number of hydrogen-bond acceptors (Lipinski definition) is 4. The van der Waals surface area contributed by atoms with Crippen molar-refractivity contribution >= 4 is 11.8 Å². The zero-order valence-electron chi connectivity index (χ0n) is 12.9. The molecule has 0 heterocycles. The molecule has 0 spiro atoms. The van der Waals surface area contributed by atoms with Crippen molar-refractivity contribution in [2.75, 3.05) is 11.4 Å². The molecule has 2 aromatic carbocycles. The highest BCUT2D eigenvalue weighted by atomic mass is 16.7. The summed E-state index contributed by atoms with van der Waals surface area (Å²) >= 11 is 0. The van der Waals surface area contributed by atoms with Crippen LogP contribution in [0.1, 0.15) is 20.3 Å². The third kappa shape index (κ3) is 4.52. The minimum absolute atomic E-state index is 0.404. The fraction of sp³-hybridized carbons (Fsp3) is 0.278. The van der Waals surface area contributed by atoms with Crippen LogP contribution in [0.5, 0.6) is 5.75 Å². The highest BCUT2D eigenvalue weighted by molar-refractivity contribution is 5.64. The van der Waals surface area contributed by atoms with E-state index in [0.29, 0.717) is 5.75 Å². The van der Waals surface area contributed by atoms with Gasteiger partial charge in [-0.05, 0) is 37.6 Å². The smallest absolute Gasteiger partial charge is 0.410 e. The van der Waals surface area contributed by atoms with E-state index < -0.39 is 12.4 Å². The molecule has 0 aliphatic heterocycles. The molecule has 2 aromatic rings. The maximum absolute atomic E-state index is 11.9. The van der Waals surface area contributed by atoms with Gasteiger partial charge in [0.2, 0.25) is 0 Å². The summed E-state index contributed by atoms with van der Waals surface area (Å²) in [4.78, 5) is 13.9. The van der Waals surface area contributed by atoms with Gasteiger partial charge in [-0.1, -0.05) is 43.3 Å². The molecule has 4 nitrogen and oxygen atoms in total. The van der Waals surface area contributed by atoms with Gasteiger partial charge in [-0.3, -0.25) is 0 Å². The first-order chi connectivity index (χ1) is 10.7. The van der Waals surface area contributed by atoms with Gasteiger partial charge in [0.05, 0.1) is 0 Å². The lowest BCUT2D eigenvalue weighted by Gasteiger charge is -2.30. The van der Waals surface area contributed by atoms with Crippen LogP contribution in [0, 0.1) is 0 Å². The number of para-hydroxylation sites is 2. The summed E-state index contributed by atoms with van der Waals surface area (Å²) in [5, 5.41) is 0. The minimum atomic E-state index is -0.698. The van der Waals surface area contributed by atoms with Gasteiger partial charge >= 0.3 is 6.16 Å². The number of rotatable bonds is 6. The summed E-state index contributed by atoms with van der Waals surface area (Å²) in [6.45, 7) is 4.73. The maximum atomic E-state index is 11.9. The standard InChI is InChI=1S/C18H21NO3/c1-3-14-19(16-10-6-4-7-11-16)15(2)21-18(20)22-17-12-8-5-9-13-17/h4-13,15H,3,14H2,1-2H3. The van der Waals surface area contributed by atoms with E-state index in [2.05, 4.69) is 6.92 Å². The molecule has 1 unspecified atom stereocenters. The van der Waals surface area contributed by atoms with Gasteiger partial charge in [0.25, 0.3) is 0 Å². The van der Waals surface area contributed by atoms with Crippen molar-refractivity contribution in [2.24, 2.45) is 0 Å². The molecular formula is C18H21NO3. The monoisotopic (exact) mass is 299 g/mol. The summed E-state index contributed by atoms with van der Waals surface area (Å²) in [6, 6.07) is 18.8. The number of ether oxygens (including phenoxy) is 2. The van der Waals surface area contributed by atoms with Gasteiger partial charge < -0.3 is 14.4 Å². The zero-order chi connectivity index (χ0) is 15.8. The number of carbonyl (C=O) groups excluding carboxylic acids is 1. The predicted molar refractivity (Wildman–Crippen MR) is 87.1 cm³/mol. The first-order valence-electron chi connectivity index (χ1n) is 7.46. The predicted octanol–water partition coefficient (Wildman–Crippen LogP) is 4.46. The molecule has 116 valence electrons. The van der Waals surface area contributed by atoms with Crippen molar-refractivity contribution < 1.29 is 14.3 Å². The number of nitrogens with zero attached hydrogens (tertiary/aromatic N) is 1. The Labute approximate surface area is 131 Å². The molecule has 22 heavy (non-hydrogen) atoms. The van der Waals surface area contributed by atoms with Crippen molar-refractivity contribution in [1.82, 2.24) is 0 Å². The lowest BCUT2D eigenvalue weighted by atomic mass is 10.2. The van der Waals surface area contributed by atoms with Crippen molar-refractivity contribution in [3.63, 3.8) is 0 Å². The minimum Gasteiger partial charge on any atom is -0.410 e. The fourth-order valence-electron chi connectivity index (χ4n) is 2.19. The molecule has 0 aromatic heterocycles. The van der Waals surface area contributed by atoms with Gasteiger partial charge in [-0.2, -0.15) is 0 Å². The first-order valence-corrected chi connectivity index (χ1v) is 7.46. The third-order valence-electron chi connectivity index (χ3n) is 3.20. The Kier molecular flexibility index (Phi) is 5.83. The Balaban J connectivity index is 1.99. The first kappa shape index (κ1) is 15.9. The lowest BCUT2D eigenvalue weighted by molar-refractivity contribution is 0.0641.